The second kappa shape index (κ2) is 9.75. The van der Waals surface area contributed by atoms with E-state index in [2.05, 4.69) is 0 Å². The molecule has 9 nitrogen and oxygen atoms in total. The Labute approximate surface area is 210 Å². The van der Waals surface area contributed by atoms with Crippen molar-refractivity contribution >= 4 is 52.4 Å². The Morgan fingerprint density at radius 3 is 2.49 bits per heavy atom. The van der Waals surface area contributed by atoms with Crippen molar-refractivity contribution in [2.45, 2.75) is 26.2 Å². The first-order valence-corrected chi connectivity index (χ1v) is 11.8. The number of nitro benzene ring substituents is 1. The highest BCUT2D eigenvalue weighted by atomic mass is 35.5. The molecule has 1 aliphatic carbocycles. The number of nitro groups is 1. The number of hydrogen-bond acceptors (Lipinski definition) is 6. The molecule has 0 radical (unpaired) electrons. The summed E-state index contributed by atoms with van der Waals surface area (Å²) in [7, 11) is 0. The molecule has 2 fully saturated rings. The van der Waals surface area contributed by atoms with Crippen LogP contribution < -0.4 is 0 Å². The Hall–Kier alpha value is -3.30. The largest absolute Gasteiger partial charge is 0.292 e. The standard InChI is InChI=1S/C24H21Cl2N3O6/c1-13-5-7-17-19(9-13)24(33)28(23(17)32)27(22(31)18-8-6-15(25)11-20(18)26)12-21(30)14-3-2-4-16(10-14)29(34)35/h2-4,6,8,10-11,13,17,19H,5,7,9,12H2,1H3/t13-,17+,19-/m1/s1. The lowest BCUT2D eigenvalue weighted by molar-refractivity contribution is -0.384. The minimum absolute atomic E-state index is 0.0135. The highest BCUT2D eigenvalue weighted by Crippen LogP contribution is 2.41. The number of imide groups is 1. The molecule has 1 heterocycles. The summed E-state index contributed by atoms with van der Waals surface area (Å²) in [5, 5.41) is 12.9. The molecule has 182 valence electrons. The van der Waals surface area contributed by atoms with E-state index in [1.54, 1.807) is 0 Å². The van der Waals surface area contributed by atoms with Crippen LogP contribution in [-0.4, -0.2) is 45.0 Å². The van der Waals surface area contributed by atoms with E-state index in [-0.39, 0.29) is 32.8 Å². The van der Waals surface area contributed by atoms with E-state index in [0.29, 0.717) is 12.8 Å². The summed E-state index contributed by atoms with van der Waals surface area (Å²) in [5.74, 6) is -3.50. The molecule has 1 saturated heterocycles. The van der Waals surface area contributed by atoms with Crippen molar-refractivity contribution in [3.05, 3.63) is 73.8 Å². The summed E-state index contributed by atoms with van der Waals surface area (Å²) in [6, 6.07) is 9.13. The molecule has 3 atom stereocenters. The predicted molar refractivity (Wildman–Crippen MR) is 127 cm³/mol. The van der Waals surface area contributed by atoms with Crippen LogP contribution >= 0.6 is 23.2 Å². The molecular weight excluding hydrogens is 497 g/mol. The topological polar surface area (TPSA) is 118 Å². The van der Waals surface area contributed by atoms with Gasteiger partial charge in [0.05, 0.1) is 27.3 Å². The predicted octanol–water partition coefficient (Wildman–Crippen LogP) is 4.56. The van der Waals surface area contributed by atoms with Gasteiger partial charge in [-0.2, -0.15) is 5.01 Å². The Morgan fingerprint density at radius 2 is 1.80 bits per heavy atom. The van der Waals surface area contributed by atoms with Gasteiger partial charge >= 0.3 is 0 Å². The first-order valence-electron chi connectivity index (χ1n) is 11.0. The zero-order valence-electron chi connectivity index (χ0n) is 18.6. The summed E-state index contributed by atoms with van der Waals surface area (Å²) in [6.07, 6.45) is 1.79. The van der Waals surface area contributed by atoms with Gasteiger partial charge in [0, 0.05) is 22.7 Å². The van der Waals surface area contributed by atoms with Gasteiger partial charge in [-0.1, -0.05) is 42.3 Å². The normalized spacial score (nSPS) is 21.6. The number of halogens is 2. The van der Waals surface area contributed by atoms with E-state index in [0.717, 1.165) is 22.5 Å². The quantitative estimate of drug-likeness (QED) is 0.240. The lowest BCUT2D eigenvalue weighted by atomic mass is 9.76. The fourth-order valence-corrected chi connectivity index (χ4v) is 5.15. The lowest BCUT2D eigenvalue weighted by Gasteiger charge is -2.30. The van der Waals surface area contributed by atoms with Crippen molar-refractivity contribution in [3.8, 4) is 0 Å². The van der Waals surface area contributed by atoms with E-state index >= 15 is 0 Å². The number of carbonyl (C=O) groups is 4. The van der Waals surface area contributed by atoms with Crippen LogP contribution in [0.25, 0.3) is 0 Å². The van der Waals surface area contributed by atoms with Gasteiger partial charge in [0.2, 0.25) is 0 Å². The van der Waals surface area contributed by atoms with Crippen molar-refractivity contribution < 1.29 is 24.1 Å². The van der Waals surface area contributed by atoms with Crippen LogP contribution in [0.2, 0.25) is 10.0 Å². The molecule has 3 amide bonds. The fraction of sp³-hybridized carbons (Fsp3) is 0.333. The molecule has 2 aromatic rings. The molecule has 4 rings (SSSR count). The number of fused-ring (bicyclic) bond motifs is 1. The second-order valence-corrected chi connectivity index (χ2v) is 9.68. The minimum atomic E-state index is -0.834. The van der Waals surface area contributed by atoms with E-state index < -0.39 is 46.8 Å². The Morgan fingerprint density at radius 1 is 1.09 bits per heavy atom. The number of amides is 3. The van der Waals surface area contributed by atoms with Gasteiger partial charge in [-0.05, 0) is 43.4 Å². The van der Waals surface area contributed by atoms with E-state index in [4.69, 9.17) is 23.2 Å². The maximum absolute atomic E-state index is 13.6. The van der Waals surface area contributed by atoms with Crippen LogP contribution in [0.5, 0.6) is 0 Å². The first kappa shape index (κ1) is 24.8. The molecule has 0 spiro atoms. The number of hydrogen-bond donors (Lipinski definition) is 0. The van der Waals surface area contributed by atoms with E-state index in [1.165, 1.54) is 36.4 Å². The van der Waals surface area contributed by atoms with Crippen molar-refractivity contribution in [1.82, 2.24) is 10.0 Å². The number of ketones is 1. The Balaban J connectivity index is 1.72. The molecule has 2 aliphatic rings. The van der Waals surface area contributed by atoms with Crippen LogP contribution in [0.4, 0.5) is 5.69 Å². The summed E-state index contributed by atoms with van der Waals surface area (Å²) >= 11 is 12.2. The smallest absolute Gasteiger partial charge is 0.274 e. The number of non-ortho nitro benzene ring substituents is 1. The zero-order chi connectivity index (χ0) is 25.4. The van der Waals surface area contributed by atoms with Crippen LogP contribution in [0.3, 0.4) is 0 Å². The van der Waals surface area contributed by atoms with Crippen molar-refractivity contribution in [3.63, 3.8) is 0 Å². The van der Waals surface area contributed by atoms with Crippen LogP contribution in [0.15, 0.2) is 42.5 Å². The van der Waals surface area contributed by atoms with Crippen molar-refractivity contribution in [2.24, 2.45) is 17.8 Å². The molecule has 0 N–H and O–H groups in total. The second-order valence-electron chi connectivity index (χ2n) is 8.84. The molecule has 1 saturated carbocycles. The summed E-state index contributed by atoms with van der Waals surface area (Å²) in [6.45, 7) is 1.31. The third-order valence-electron chi connectivity index (χ3n) is 6.47. The molecule has 35 heavy (non-hydrogen) atoms. The molecule has 0 aromatic heterocycles. The monoisotopic (exact) mass is 517 g/mol. The Bertz CT molecular complexity index is 1250. The highest BCUT2D eigenvalue weighted by molar-refractivity contribution is 6.36. The molecule has 2 aromatic carbocycles. The fourth-order valence-electron chi connectivity index (χ4n) is 4.67. The van der Waals surface area contributed by atoms with Crippen LogP contribution in [0, 0.1) is 27.9 Å². The summed E-state index contributed by atoms with van der Waals surface area (Å²) < 4.78 is 0. The SMILES string of the molecule is C[C@@H]1CC[C@@H]2C(=O)N(N(CC(=O)c3cccc([N+](=O)[O-])c3)C(=O)c3ccc(Cl)cc3Cl)C(=O)[C@@H]2C1. The number of nitrogens with zero attached hydrogens (tertiary/aromatic N) is 3. The maximum Gasteiger partial charge on any atom is 0.274 e. The van der Waals surface area contributed by atoms with Crippen LogP contribution in [0.1, 0.15) is 46.9 Å². The maximum atomic E-state index is 13.6. The highest BCUT2D eigenvalue weighted by Gasteiger charge is 2.53. The number of rotatable bonds is 6. The van der Waals surface area contributed by atoms with Gasteiger partial charge in [-0.25, -0.2) is 5.01 Å². The molecule has 0 bridgehead atoms. The van der Waals surface area contributed by atoms with Crippen LogP contribution in [-0.2, 0) is 9.59 Å². The van der Waals surface area contributed by atoms with Crippen molar-refractivity contribution in [2.75, 3.05) is 6.54 Å². The number of hydrazine groups is 1. The van der Waals surface area contributed by atoms with Gasteiger partial charge in [0.25, 0.3) is 23.4 Å². The van der Waals surface area contributed by atoms with E-state index in [1.807, 2.05) is 6.92 Å². The third-order valence-corrected chi connectivity index (χ3v) is 7.02. The van der Waals surface area contributed by atoms with Crippen molar-refractivity contribution in [1.29, 1.82) is 0 Å². The first-order chi connectivity index (χ1) is 16.6. The molecule has 1 aliphatic heterocycles. The average Bonchev–Trinajstić information content (AvgIpc) is 3.06. The third kappa shape index (κ3) is 4.78. The summed E-state index contributed by atoms with van der Waals surface area (Å²) in [5.41, 5.74) is -0.390. The zero-order valence-corrected chi connectivity index (χ0v) is 20.2. The molecular formula is C24H21Cl2N3O6. The van der Waals surface area contributed by atoms with E-state index in [9.17, 15) is 29.3 Å². The van der Waals surface area contributed by atoms with Gasteiger partial charge in [0.1, 0.15) is 6.54 Å². The molecule has 11 heteroatoms. The van der Waals surface area contributed by atoms with Gasteiger partial charge in [0.15, 0.2) is 5.78 Å². The van der Waals surface area contributed by atoms with Gasteiger partial charge in [-0.15, -0.1) is 0 Å². The lowest BCUT2D eigenvalue weighted by Crippen LogP contribution is -2.52. The average molecular weight is 518 g/mol. The number of benzene rings is 2. The molecule has 0 unspecified atom stereocenters. The number of carbonyl (C=O) groups excluding carboxylic acids is 4. The Kier molecular flexibility index (Phi) is 6.91. The summed E-state index contributed by atoms with van der Waals surface area (Å²) in [4.78, 5) is 63.8. The minimum Gasteiger partial charge on any atom is -0.292 e. The number of Topliss-reactive ketones (excluding diaryl/α,β-unsaturated/α-hetero) is 1. The van der Waals surface area contributed by atoms with Gasteiger partial charge in [-0.3, -0.25) is 29.3 Å². The van der Waals surface area contributed by atoms with Gasteiger partial charge < -0.3 is 0 Å².